The Kier molecular flexibility index (Phi) is 4.15. The van der Waals surface area contributed by atoms with E-state index in [9.17, 15) is 18.0 Å². The van der Waals surface area contributed by atoms with Crippen LogP contribution in [0.5, 0.6) is 0 Å². The summed E-state index contributed by atoms with van der Waals surface area (Å²) in [6.45, 7) is 1.76. The second kappa shape index (κ2) is 5.97. The third-order valence-electron chi connectivity index (χ3n) is 3.14. The second-order valence-corrected chi connectivity index (χ2v) is 6.73. The van der Waals surface area contributed by atoms with Crippen LogP contribution in [0.3, 0.4) is 0 Å². The number of hydrogen-bond donors (Lipinski definition) is 0. The zero-order valence-corrected chi connectivity index (χ0v) is 13.4. The van der Waals surface area contributed by atoms with E-state index >= 15 is 0 Å². The molecule has 0 radical (unpaired) electrons. The highest BCUT2D eigenvalue weighted by Crippen LogP contribution is 2.32. The second-order valence-electron chi connectivity index (χ2n) is 4.71. The smallest absolute Gasteiger partial charge is 0.292 e. The van der Waals surface area contributed by atoms with E-state index in [1.165, 1.54) is 23.7 Å². The number of fused-ring (bicyclic) bond motifs is 1. The quantitative estimate of drug-likeness (QED) is 0.521. The molecule has 4 nitrogen and oxygen atoms in total. The van der Waals surface area contributed by atoms with Crippen LogP contribution in [0.25, 0.3) is 4.96 Å². The molecule has 9 heteroatoms. The average molecular weight is 357 g/mol. The van der Waals surface area contributed by atoms with Crippen LogP contribution < -0.4 is 0 Å². The number of aromatic nitrogens is 3. The van der Waals surface area contributed by atoms with Crippen molar-refractivity contribution in [3.05, 3.63) is 46.7 Å². The minimum absolute atomic E-state index is 0.0613. The molecule has 0 aliphatic rings. The Hall–Kier alpha value is -1.87. The summed E-state index contributed by atoms with van der Waals surface area (Å²) in [5.74, 6) is -0.0894. The van der Waals surface area contributed by atoms with Crippen molar-refractivity contribution in [1.29, 1.82) is 0 Å². The van der Waals surface area contributed by atoms with Crippen LogP contribution in [0, 0.1) is 6.92 Å². The Balaban J connectivity index is 1.74. The number of thiazole rings is 1. The highest BCUT2D eigenvalue weighted by molar-refractivity contribution is 8.00. The van der Waals surface area contributed by atoms with E-state index in [2.05, 4.69) is 10.1 Å². The third kappa shape index (κ3) is 3.25. The molecule has 23 heavy (non-hydrogen) atoms. The lowest BCUT2D eigenvalue weighted by Gasteiger charge is -2.08. The maximum atomic E-state index is 12.7. The van der Waals surface area contributed by atoms with E-state index in [-0.39, 0.29) is 11.5 Å². The number of thioether (sulfide) groups is 1. The van der Waals surface area contributed by atoms with Crippen LogP contribution in [0.2, 0.25) is 0 Å². The first kappa shape index (κ1) is 16.0. The largest absolute Gasteiger partial charge is 0.416 e. The van der Waals surface area contributed by atoms with Crippen molar-refractivity contribution in [2.75, 3.05) is 5.75 Å². The molecule has 0 fully saturated rings. The predicted octanol–water partition coefficient (Wildman–Crippen LogP) is 4.09. The molecule has 0 aliphatic carbocycles. The fourth-order valence-electron chi connectivity index (χ4n) is 2.03. The van der Waals surface area contributed by atoms with Gasteiger partial charge in [0.1, 0.15) is 6.33 Å². The summed E-state index contributed by atoms with van der Waals surface area (Å²) < 4.78 is 39.6. The van der Waals surface area contributed by atoms with Crippen LogP contribution in [-0.2, 0) is 6.18 Å². The number of hydrogen-bond acceptors (Lipinski definition) is 5. The molecule has 0 amide bonds. The zero-order chi connectivity index (χ0) is 16.6. The number of alkyl halides is 3. The number of Topliss-reactive ketones (excluding diaryl/α,β-unsaturated/α-hetero) is 1. The minimum Gasteiger partial charge on any atom is -0.292 e. The highest BCUT2D eigenvalue weighted by atomic mass is 32.2. The molecule has 0 unspecified atom stereocenters. The summed E-state index contributed by atoms with van der Waals surface area (Å²) in [7, 11) is 0. The van der Waals surface area contributed by atoms with E-state index < -0.39 is 11.7 Å². The van der Waals surface area contributed by atoms with Gasteiger partial charge in [0, 0.05) is 4.90 Å². The molecule has 0 aliphatic heterocycles. The number of benzene rings is 1. The number of halogens is 3. The highest BCUT2D eigenvalue weighted by Gasteiger charge is 2.30. The van der Waals surface area contributed by atoms with Gasteiger partial charge in [0.2, 0.25) is 4.96 Å². The topological polar surface area (TPSA) is 47.3 Å². The van der Waals surface area contributed by atoms with E-state index in [4.69, 9.17) is 0 Å². The van der Waals surface area contributed by atoms with E-state index in [0.29, 0.717) is 20.4 Å². The van der Waals surface area contributed by atoms with Gasteiger partial charge in [0.25, 0.3) is 0 Å². The average Bonchev–Trinajstić information content (AvgIpc) is 3.08. The van der Waals surface area contributed by atoms with Crippen molar-refractivity contribution in [2.24, 2.45) is 0 Å². The molecule has 0 bridgehead atoms. The van der Waals surface area contributed by atoms with E-state index in [1.807, 2.05) is 0 Å². The molecule has 3 rings (SSSR count). The fraction of sp³-hybridized carbons (Fsp3) is 0.214. The van der Waals surface area contributed by atoms with Crippen molar-refractivity contribution in [3.63, 3.8) is 0 Å². The molecule has 1 aromatic carbocycles. The molecule has 2 aromatic heterocycles. The Labute approximate surface area is 137 Å². The van der Waals surface area contributed by atoms with Gasteiger partial charge in [-0.25, -0.2) is 9.50 Å². The van der Waals surface area contributed by atoms with Gasteiger partial charge in [-0.1, -0.05) is 17.4 Å². The Bertz CT molecular complexity index is 870. The fourth-order valence-corrected chi connectivity index (χ4v) is 3.92. The number of ketones is 1. The number of carbonyl (C=O) groups excluding carboxylic acids is 1. The van der Waals surface area contributed by atoms with Crippen LogP contribution >= 0.6 is 23.1 Å². The molecule has 0 atom stereocenters. The maximum Gasteiger partial charge on any atom is 0.416 e. The number of aryl methyl sites for hydroxylation is 1. The first-order valence-corrected chi connectivity index (χ1v) is 8.29. The monoisotopic (exact) mass is 357 g/mol. The van der Waals surface area contributed by atoms with Gasteiger partial charge in [-0.15, -0.1) is 11.8 Å². The molecular formula is C14H10F3N3OS2. The van der Waals surface area contributed by atoms with Crippen LogP contribution in [0.1, 0.15) is 20.9 Å². The van der Waals surface area contributed by atoms with Crippen molar-refractivity contribution in [1.82, 2.24) is 14.6 Å². The standard InChI is InChI=1S/C14H10F3N3OS2/c1-8-12(23-13-18-7-19-20(8)13)11(21)6-22-10-4-2-3-9(5-10)14(15,16)17/h2-5,7H,6H2,1H3. The van der Waals surface area contributed by atoms with Gasteiger partial charge in [0.05, 0.1) is 21.9 Å². The molecular weight excluding hydrogens is 347 g/mol. The number of rotatable bonds is 4. The molecule has 3 aromatic rings. The van der Waals surface area contributed by atoms with Crippen molar-refractivity contribution in [2.45, 2.75) is 18.0 Å². The van der Waals surface area contributed by atoms with Crippen LogP contribution in [-0.4, -0.2) is 26.1 Å². The summed E-state index contributed by atoms with van der Waals surface area (Å²) in [5.41, 5.74) is -0.0259. The number of nitrogens with zero attached hydrogens (tertiary/aromatic N) is 3. The predicted molar refractivity (Wildman–Crippen MR) is 82.1 cm³/mol. The molecule has 0 spiro atoms. The first-order chi connectivity index (χ1) is 10.9. The summed E-state index contributed by atoms with van der Waals surface area (Å²) >= 11 is 2.31. The zero-order valence-electron chi connectivity index (χ0n) is 11.8. The van der Waals surface area contributed by atoms with Gasteiger partial charge < -0.3 is 0 Å². The summed E-state index contributed by atoms with van der Waals surface area (Å²) in [6, 6.07) is 4.95. The summed E-state index contributed by atoms with van der Waals surface area (Å²) in [5, 5.41) is 4.01. The Morgan fingerprint density at radius 1 is 1.39 bits per heavy atom. The lowest BCUT2D eigenvalue weighted by atomic mass is 10.2. The van der Waals surface area contributed by atoms with Crippen molar-refractivity contribution < 1.29 is 18.0 Å². The van der Waals surface area contributed by atoms with Gasteiger partial charge >= 0.3 is 6.18 Å². The van der Waals surface area contributed by atoms with Crippen LogP contribution in [0.4, 0.5) is 13.2 Å². The molecule has 0 N–H and O–H groups in total. The van der Waals surface area contributed by atoms with Crippen molar-refractivity contribution >= 4 is 33.8 Å². The van der Waals surface area contributed by atoms with Gasteiger partial charge in [-0.3, -0.25) is 4.79 Å². The molecule has 0 saturated carbocycles. The lowest BCUT2D eigenvalue weighted by Crippen LogP contribution is -2.05. The van der Waals surface area contributed by atoms with E-state index in [0.717, 1.165) is 23.9 Å². The van der Waals surface area contributed by atoms with Gasteiger partial charge in [-0.05, 0) is 25.1 Å². The Morgan fingerprint density at radius 3 is 2.87 bits per heavy atom. The molecule has 2 heterocycles. The maximum absolute atomic E-state index is 12.7. The molecule has 0 saturated heterocycles. The molecule has 120 valence electrons. The normalized spacial score (nSPS) is 12.0. The summed E-state index contributed by atoms with van der Waals surface area (Å²) in [6.07, 6.45) is -2.98. The Morgan fingerprint density at radius 2 is 2.17 bits per heavy atom. The van der Waals surface area contributed by atoms with Crippen molar-refractivity contribution in [3.8, 4) is 0 Å². The lowest BCUT2D eigenvalue weighted by molar-refractivity contribution is -0.137. The van der Waals surface area contributed by atoms with Crippen LogP contribution in [0.15, 0.2) is 35.5 Å². The summed E-state index contributed by atoms with van der Waals surface area (Å²) in [4.78, 5) is 17.9. The van der Waals surface area contributed by atoms with E-state index in [1.54, 1.807) is 17.5 Å². The van der Waals surface area contributed by atoms with Gasteiger partial charge in [0.15, 0.2) is 5.78 Å². The first-order valence-electron chi connectivity index (χ1n) is 6.48. The minimum atomic E-state index is -4.39. The third-order valence-corrected chi connectivity index (χ3v) is 5.32. The number of carbonyl (C=O) groups is 1. The van der Waals surface area contributed by atoms with Gasteiger partial charge in [-0.2, -0.15) is 18.3 Å². The SMILES string of the molecule is Cc1c(C(=O)CSc2cccc(C(F)(F)F)c2)sc2ncnn12.